The van der Waals surface area contributed by atoms with Crippen LogP contribution in [0.5, 0.6) is 17.2 Å². The third-order valence-corrected chi connectivity index (χ3v) is 6.89. The lowest BCUT2D eigenvalue weighted by molar-refractivity contribution is -0.143. The topological polar surface area (TPSA) is 112 Å². The van der Waals surface area contributed by atoms with Gasteiger partial charge in [-0.3, -0.25) is 9.59 Å². The van der Waals surface area contributed by atoms with Crippen molar-refractivity contribution >= 4 is 34.9 Å². The van der Waals surface area contributed by atoms with Crippen LogP contribution in [0.15, 0.2) is 46.3 Å². The van der Waals surface area contributed by atoms with E-state index in [1.165, 1.54) is 37.1 Å². The predicted octanol–water partition coefficient (Wildman–Crippen LogP) is 5.14. The average Bonchev–Trinajstić information content (AvgIpc) is 3.24. The van der Waals surface area contributed by atoms with Crippen LogP contribution in [0.25, 0.3) is 6.08 Å². The molecule has 2 heterocycles. The quantitative estimate of drug-likeness (QED) is 0.528. The van der Waals surface area contributed by atoms with E-state index >= 15 is 0 Å². The first-order valence-corrected chi connectivity index (χ1v) is 11.9. The largest absolute Gasteiger partial charge is 0.493 e. The van der Waals surface area contributed by atoms with Gasteiger partial charge < -0.3 is 19.5 Å². The summed E-state index contributed by atoms with van der Waals surface area (Å²) >= 11 is 1.17. The standard InChI is InChI=1S/C25H20F3N3O5S/c1-35-20-11-14(2-5-19(20)36-18-4-3-15(13-29)10-17(18)25(26,27)28)12-21-22(32)30-24(37-21)31-8-6-16(7-9-31)23(33)34/h2-5,10-12,16H,6-9H2,1H3,(H,33,34). The maximum absolute atomic E-state index is 13.5. The number of ether oxygens (including phenoxy) is 2. The second-order valence-corrected chi connectivity index (χ2v) is 9.25. The number of aliphatic carboxylic acids is 1. The molecule has 2 aliphatic heterocycles. The van der Waals surface area contributed by atoms with Gasteiger partial charge >= 0.3 is 12.1 Å². The zero-order valence-electron chi connectivity index (χ0n) is 19.4. The molecule has 1 saturated heterocycles. The first kappa shape index (κ1) is 26.1. The molecule has 192 valence electrons. The minimum Gasteiger partial charge on any atom is -0.493 e. The first-order chi connectivity index (χ1) is 17.6. The zero-order chi connectivity index (χ0) is 26.7. The molecule has 0 atom stereocenters. The molecule has 2 aliphatic rings. The van der Waals surface area contributed by atoms with E-state index in [0.717, 1.165) is 6.07 Å². The van der Waals surface area contributed by atoms with E-state index in [1.54, 1.807) is 18.2 Å². The molecule has 0 aliphatic carbocycles. The fraction of sp³-hybridized carbons (Fsp3) is 0.280. The highest BCUT2D eigenvalue weighted by Gasteiger charge is 2.35. The first-order valence-electron chi connectivity index (χ1n) is 11.1. The summed E-state index contributed by atoms with van der Waals surface area (Å²) in [5.74, 6) is -2.00. The average molecular weight is 532 g/mol. The second kappa shape index (κ2) is 10.6. The minimum atomic E-state index is -4.74. The van der Waals surface area contributed by atoms with Crippen molar-refractivity contribution in [3.8, 4) is 23.3 Å². The molecular formula is C25H20F3N3O5S. The lowest BCUT2D eigenvalue weighted by Crippen LogP contribution is -2.38. The fourth-order valence-electron chi connectivity index (χ4n) is 3.89. The predicted molar refractivity (Wildman–Crippen MR) is 129 cm³/mol. The lowest BCUT2D eigenvalue weighted by Gasteiger charge is -2.30. The number of carboxylic acids is 1. The van der Waals surface area contributed by atoms with Crippen molar-refractivity contribution in [3.63, 3.8) is 0 Å². The maximum atomic E-state index is 13.5. The summed E-state index contributed by atoms with van der Waals surface area (Å²) in [4.78, 5) is 29.9. The highest BCUT2D eigenvalue weighted by atomic mass is 32.2. The number of rotatable bonds is 5. The van der Waals surface area contributed by atoms with Gasteiger partial charge in [-0.15, -0.1) is 0 Å². The Morgan fingerprint density at radius 2 is 1.89 bits per heavy atom. The molecule has 0 radical (unpaired) electrons. The van der Waals surface area contributed by atoms with Gasteiger partial charge in [-0.25, -0.2) is 0 Å². The van der Waals surface area contributed by atoms with Gasteiger partial charge in [0.15, 0.2) is 16.7 Å². The Morgan fingerprint density at radius 1 is 1.19 bits per heavy atom. The van der Waals surface area contributed by atoms with E-state index in [-0.39, 0.29) is 17.1 Å². The lowest BCUT2D eigenvalue weighted by atomic mass is 9.98. The van der Waals surface area contributed by atoms with Crippen LogP contribution < -0.4 is 9.47 Å². The molecule has 0 spiro atoms. The molecule has 2 aromatic carbocycles. The molecule has 0 saturated carbocycles. The number of thioether (sulfide) groups is 1. The summed E-state index contributed by atoms with van der Waals surface area (Å²) in [5, 5.41) is 18.6. The van der Waals surface area contributed by atoms with E-state index < -0.39 is 35.3 Å². The SMILES string of the molecule is COc1cc(C=C2SC(N3CCC(C(=O)O)CC3)=NC2=O)ccc1Oc1ccc(C#N)cc1C(F)(F)F. The minimum absolute atomic E-state index is 0.0171. The second-order valence-electron chi connectivity index (χ2n) is 8.24. The van der Waals surface area contributed by atoms with Gasteiger partial charge in [0, 0.05) is 13.1 Å². The summed E-state index contributed by atoms with van der Waals surface area (Å²) in [6, 6.07) is 9.19. The van der Waals surface area contributed by atoms with E-state index in [0.29, 0.717) is 47.6 Å². The van der Waals surface area contributed by atoms with Crippen molar-refractivity contribution in [2.75, 3.05) is 20.2 Å². The number of likely N-dealkylation sites (tertiary alicyclic amines) is 1. The van der Waals surface area contributed by atoms with Gasteiger partial charge in [0.2, 0.25) is 0 Å². The number of benzene rings is 2. The van der Waals surface area contributed by atoms with E-state index in [9.17, 15) is 22.8 Å². The van der Waals surface area contributed by atoms with Crippen molar-refractivity contribution < 1.29 is 37.3 Å². The third kappa shape index (κ3) is 5.89. The normalized spacial score (nSPS) is 17.5. The van der Waals surface area contributed by atoms with Crippen LogP contribution in [-0.2, 0) is 15.8 Å². The molecule has 2 aromatic rings. The number of halogens is 3. The molecular weight excluding hydrogens is 511 g/mol. The smallest absolute Gasteiger partial charge is 0.420 e. The summed E-state index contributed by atoms with van der Waals surface area (Å²) in [7, 11) is 1.33. The van der Waals surface area contributed by atoms with Crippen LogP contribution in [0.2, 0.25) is 0 Å². The number of nitrogens with zero attached hydrogens (tertiary/aromatic N) is 3. The van der Waals surface area contributed by atoms with Crippen LogP contribution in [0.1, 0.15) is 29.5 Å². The summed E-state index contributed by atoms with van der Waals surface area (Å²) < 4.78 is 51.3. The number of carbonyl (C=O) groups is 2. The van der Waals surface area contributed by atoms with E-state index in [2.05, 4.69) is 4.99 Å². The van der Waals surface area contributed by atoms with Gasteiger partial charge in [-0.1, -0.05) is 6.07 Å². The molecule has 0 unspecified atom stereocenters. The van der Waals surface area contributed by atoms with Crippen LogP contribution >= 0.6 is 11.8 Å². The molecule has 1 fully saturated rings. The number of aliphatic imine (C=N–C) groups is 1. The molecule has 0 bridgehead atoms. The summed E-state index contributed by atoms with van der Waals surface area (Å²) in [5.41, 5.74) is -0.707. The Balaban J connectivity index is 1.51. The number of carbonyl (C=O) groups excluding carboxylic acids is 1. The summed E-state index contributed by atoms with van der Waals surface area (Å²) in [6.45, 7) is 0.969. The molecule has 8 nitrogen and oxygen atoms in total. The fourth-order valence-corrected chi connectivity index (χ4v) is 4.85. The number of amidine groups is 1. The molecule has 0 aromatic heterocycles. The van der Waals surface area contributed by atoms with Crippen LogP contribution in [0.3, 0.4) is 0 Å². The van der Waals surface area contributed by atoms with E-state index in [1.807, 2.05) is 4.90 Å². The maximum Gasteiger partial charge on any atom is 0.420 e. The van der Waals surface area contributed by atoms with Gasteiger partial charge in [-0.2, -0.15) is 23.4 Å². The number of methoxy groups -OCH3 is 1. The number of amides is 1. The van der Waals surface area contributed by atoms with Crippen LogP contribution in [0, 0.1) is 17.2 Å². The van der Waals surface area contributed by atoms with Gasteiger partial charge in [0.1, 0.15) is 5.75 Å². The number of hydrogen-bond acceptors (Lipinski definition) is 7. The molecule has 37 heavy (non-hydrogen) atoms. The van der Waals surface area contributed by atoms with Crippen molar-refractivity contribution in [1.82, 2.24) is 4.90 Å². The zero-order valence-corrected chi connectivity index (χ0v) is 20.2. The Hall–Kier alpha value is -3.98. The van der Waals surface area contributed by atoms with Crippen molar-refractivity contribution in [2.24, 2.45) is 10.9 Å². The van der Waals surface area contributed by atoms with Crippen LogP contribution in [0.4, 0.5) is 13.2 Å². The Morgan fingerprint density at radius 3 is 2.51 bits per heavy atom. The van der Waals surface area contributed by atoms with Crippen molar-refractivity contribution in [3.05, 3.63) is 58.0 Å². The van der Waals surface area contributed by atoms with Gasteiger partial charge in [-0.05, 0) is 66.6 Å². The van der Waals surface area contributed by atoms with Gasteiger partial charge in [0.05, 0.1) is 35.1 Å². The number of alkyl halides is 3. The van der Waals surface area contributed by atoms with Crippen molar-refractivity contribution in [2.45, 2.75) is 19.0 Å². The highest BCUT2D eigenvalue weighted by Crippen LogP contribution is 2.41. The molecule has 4 rings (SSSR count). The monoisotopic (exact) mass is 531 g/mol. The Bertz CT molecular complexity index is 1340. The van der Waals surface area contributed by atoms with Crippen molar-refractivity contribution in [1.29, 1.82) is 5.26 Å². The molecule has 1 amide bonds. The number of piperidine rings is 1. The third-order valence-electron chi connectivity index (χ3n) is 5.84. The Kier molecular flexibility index (Phi) is 7.45. The van der Waals surface area contributed by atoms with Gasteiger partial charge in [0.25, 0.3) is 5.91 Å². The molecule has 12 heteroatoms. The molecule has 1 N–H and O–H groups in total. The highest BCUT2D eigenvalue weighted by molar-refractivity contribution is 8.18. The van der Waals surface area contributed by atoms with Crippen LogP contribution in [-0.4, -0.2) is 47.2 Å². The number of hydrogen-bond donors (Lipinski definition) is 1. The summed E-state index contributed by atoms with van der Waals surface area (Å²) in [6.07, 6.45) is -2.21. The number of carboxylic acid groups (broad SMARTS) is 1. The number of nitriles is 1. The Labute approximate surface area is 214 Å². The van der Waals surface area contributed by atoms with E-state index in [4.69, 9.17) is 19.8 Å².